The van der Waals surface area contributed by atoms with E-state index in [1.807, 2.05) is 29.6 Å². The summed E-state index contributed by atoms with van der Waals surface area (Å²) in [6, 6.07) is 8.81. The number of fused-ring (bicyclic) bond motifs is 3. The third kappa shape index (κ3) is 2.85. The fourth-order valence-corrected chi connectivity index (χ4v) is 3.97. The zero-order valence-corrected chi connectivity index (χ0v) is 16.0. The lowest BCUT2D eigenvalue weighted by molar-refractivity contribution is -0.133. The van der Waals surface area contributed by atoms with Crippen molar-refractivity contribution < 1.29 is 4.79 Å². The van der Waals surface area contributed by atoms with Gasteiger partial charge in [-0.2, -0.15) is 5.10 Å². The maximum Gasteiger partial charge on any atom is 0.223 e. The van der Waals surface area contributed by atoms with Gasteiger partial charge in [0.25, 0.3) is 0 Å². The van der Waals surface area contributed by atoms with E-state index in [1.165, 1.54) is 0 Å². The fraction of sp³-hybridized carbons (Fsp3) is 0.476. The molecule has 0 atom stereocenters. The highest BCUT2D eigenvalue weighted by atomic mass is 16.2. The van der Waals surface area contributed by atoms with Crippen molar-refractivity contribution in [1.29, 1.82) is 0 Å². The Morgan fingerprint density at radius 2 is 2.00 bits per heavy atom. The summed E-state index contributed by atoms with van der Waals surface area (Å²) in [5.41, 5.74) is 5.07. The minimum atomic E-state index is 0.257. The maximum absolute atomic E-state index is 12.7. The van der Waals surface area contributed by atoms with Crippen LogP contribution in [0.1, 0.15) is 50.1 Å². The summed E-state index contributed by atoms with van der Waals surface area (Å²) in [6.45, 7) is 8.33. The Balaban J connectivity index is 1.64. The van der Waals surface area contributed by atoms with E-state index in [0.29, 0.717) is 18.9 Å². The molecule has 1 aliphatic rings. The van der Waals surface area contributed by atoms with Gasteiger partial charge in [-0.1, -0.05) is 12.1 Å². The molecule has 26 heavy (non-hydrogen) atoms. The monoisotopic (exact) mass is 350 g/mol. The topological polar surface area (TPSA) is 50.5 Å². The van der Waals surface area contributed by atoms with Gasteiger partial charge in [0.1, 0.15) is 0 Å². The summed E-state index contributed by atoms with van der Waals surface area (Å²) in [6.07, 6.45) is 3.54. The smallest absolute Gasteiger partial charge is 0.223 e. The molecule has 0 N–H and O–H groups in total. The first-order valence-electron chi connectivity index (χ1n) is 9.52. The molecule has 136 valence electrons. The Morgan fingerprint density at radius 3 is 2.69 bits per heavy atom. The zero-order valence-electron chi connectivity index (χ0n) is 16.0. The van der Waals surface area contributed by atoms with Crippen LogP contribution in [-0.2, 0) is 11.2 Å². The van der Waals surface area contributed by atoms with Crippen LogP contribution >= 0.6 is 0 Å². The van der Waals surface area contributed by atoms with Crippen LogP contribution < -0.4 is 0 Å². The first-order chi connectivity index (χ1) is 12.5. The third-order valence-corrected chi connectivity index (χ3v) is 5.39. The molecule has 5 heteroatoms. The van der Waals surface area contributed by atoms with Gasteiger partial charge in [-0.25, -0.2) is 9.50 Å². The predicted octanol–water partition coefficient (Wildman–Crippen LogP) is 3.83. The van der Waals surface area contributed by atoms with Crippen molar-refractivity contribution in [2.75, 3.05) is 0 Å². The van der Waals surface area contributed by atoms with Crippen LogP contribution in [0.25, 0.3) is 16.6 Å². The average molecular weight is 350 g/mol. The zero-order chi connectivity index (χ0) is 18.4. The molecular formula is C21H26N4O. The van der Waals surface area contributed by atoms with Crippen molar-refractivity contribution in [3.05, 3.63) is 41.2 Å². The average Bonchev–Trinajstić information content (AvgIpc) is 3.35. The molecule has 2 aromatic heterocycles. The fourth-order valence-electron chi connectivity index (χ4n) is 3.97. The molecule has 1 amide bonds. The van der Waals surface area contributed by atoms with Gasteiger partial charge >= 0.3 is 0 Å². The molecule has 1 aliphatic carbocycles. The van der Waals surface area contributed by atoms with E-state index in [4.69, 9.17) is 10.1 Å². The Kier molecular flexibility index (Phi) is 4.17. The predicted molar refractivity (Wildman–Crippen MR) is 103 cm³/mol. The SMILES string of the molecule is Cc1nc2c3ccccc3nn2c(C)c1CCC(=O)N(C(C)C)C1CC1. The molecule has 2 heterocycles. The van der Waals surface area contributed by atoms with E-state index in [-0.39, 0.29) is 11.9 Å². The van der Waals surface area contributed by atoms with Gasteiger partial charge in [-0.3, -0.25) is 4.79 Å². The van der Waals surface area contributed by atoms with Crippen molar-refractivity contribution in [1.82, 2.24) is 19.5 Å². The van der Waals surface area contributed by atoms with E-state index in [9.17, 15) is 4.79 Å². The molecule has 0 aliphatic heterocycles. The number of aryl methyl sites for hydroxylation is 2. The van der Waals surface area contributed by atoms with Gasteiger partial charge in [-0.15, -0.1) is 0 Å². The number of aromatic nitrogens is 3. The lowest BCUT2D eigenvalue weighted by Gasteiger charge is -2.27. The van der Waals surface area contributed by atoms with Gasteiger partial charge in [0.05, 0.1) is 5.52 Å². The molecule has 0 spiro atoms. The van der Waals surface area contributed by atoms with Crippen LogP contribution in [0.15, 0.2) is 24.3 Å². The van der Waals surface area contributed by atoms with Crippen molar-refractivity contribution in [2.24, 2.45) is 0 Å². The minimum absolute atomic E-state index is 0.257. The number of carbonyl (C=O) groups excluding carboxylic acids is 1. The summed E-state index contributed by atoms with van der Waals surface area (Å²) in [5.74, 6) is 0.257. The quantitative estimate of drug-likeness (QED) is 0.703. The number of rotatable bonds is 5. The summed E-state index contributed by atoms with van der Waals surface area (Å²) in [4.78, 5) is 19.6. The number of hydrogen-bond donors (Lipinski definition) is 0. The Morgan fingerprint density at radius 1 is 1.27 bits per heavy atom. The van der Waals surface area contributed by atoms with Crippen molar-refractivity contribution >= 4 is 22.5 Å². The minimum Gasteiger partial charge on any atom is -0.337 e. The van der Waals surface area contributed by atoms with Crippen LogP contribution in [0.5, 0.6) is 0 Å². The molecular weight excluding hydrogens is 324 g/mol. The Hall–Kier alpha value is -2.43. The van der Waals surface area contributed by atoms with E-state index in [1.54, 1.807) is 0 Å². The number of benzene rings is 1. The standard InChI is InChI=1S/C21H26N4O/c1-13(2)24(16-9-10-16)20(26)12-11-17-14(3)22-21-18-7-5-6-8-19(18)23-25(21)15(17)4/h5-8,13,16H,9-12H2,1-4H3. The Labute approximate surface area is 154 Å². The second kappa shape index (κ2) is 6.38. The number of carbonyl (C=O) groups is 1. The molecule has 0 unspecified atom stereocenters. The van der Waals surface area contributed by atoms with Crippen LogP contribution in [0.3, 0.4) is 0 Å². The maximum atomic E-state index is 12.7. The van der Waals surface area contributed by atoms with E-state index >= 15 is 0 Å². The van der Waals surface area contributed by atoms with Gasteiger partial charge in [0, 0.05) is 35.3 Å². The van der Waals surface area contributed by atoms with Gasteiger partial charge in [0.15, 0.2) is 5.65 Å². The van der Waals surface area contributed by atoms with Gasteiger partial charge in [0.2, 0.25) is 5.91 Å². The van der Waals surface area contributed by atoms with Gasteiger partial charge < -0.3 is 4.90 Å². The second-order valence-corrected chi connectivity index (χ2v) is 7.64. The largest absolute Gasteiger partial charge is 0.337 e. The van der Waals surface area contributed by atoms with Crippen LogP contribution in [0, 0.1) is 13.8 Å². The van der Waals surface area contributed by atoms with E-state index < -0.39 is 0 Å². The molecule has 5 nitrogen and oxygen atoms in total. The van der Waals surface area contributed by atoms with Crippen LogP contribution in [0.4, 0.5) is 0 Å². The van der Waals surface area contributed by atoms with Gasteiger partial charge in [-0.05, 0) is 64.7 Å². The summed E-state index contributed by atoms with van der Waals surface area (Å²) < 4.78 is 1.93. The Bertz CT molecular complexity index is 982. The van der Waals surface area contributed by atoms with Crippen molar-refractivity contribution in [3.63, 3.8) is 0 Å². The summed E-state index contributed by atoms with van der Waals surface area (Å²) in [7, 11) is 0. The van der Waals surface area contributed by atoms with E-state index in [0.717, 1.165) is 46.3 Å². The van der Waals surface area contributed by atoms with Crippen molar-refractivity contribution in [3.8, 4) is 0 Å². The summed E-state index contributed by atoms with van der Waals surface area (Å²) in [5, 5.41) is 5.77. The lowest BCUT2D eigenvalue weighted by atomic mass is 10.1. The highest BCUT2D eigenvalue weighted by molar-refractivity contribution is 5.92. The molecule has 1 saturated carbocycles. The van der Waals surface area contributed by atoms with Crippen molar-refractivity contribution in [2.45, 2.75) is 65.5 Å². The number of nitrogens with zero attached hydrogens (tertiary/aromatic N) is 4. The lowest BCUT2D eigenvalue weighted by Crippen LogP contribution is -2.38. The number of amides is 1. The highest BCUT2D eigenvalue weighted by Gasteiger charge is 2.33. The molecule has 0 saturated heterocycles. The molecule has 1 aromatic carbocycles. The molecule has 0 bridgehead atoms. The van der Waals surface area contributed by atoms with Crippen LogP contribution in [-0.4, -0.2) is 37.5 Å². The molecule has 3 aromatic rings. The first kappa shape index (κ1) is 17.0. The molecule has 1 fully saturated rings. The number of hydrogen-bond acceptors (Lipinski definition) is 3. The van der Waals surface area contributed by atoms with E-state index in [2.05, 4.69) is 31.7 Å². The second-order valence-electron chi connectivity index (χ2n) is 7.64. The summed E-state index contributed by atoms with van der Waals surface area (Å²) >= 11 is 0. The molecule has 4 rings (SSSR count). The normalized spacial score (nSPS) is 14.5. The van der Waals surface area contributed by atoms with Crippen LogP contribution in [0.2, 0.25) is 0 Å². The molecule has 0 radical (unpaired) electrons. The highest BCUT2D eigenvalue weighted by Crippen LogP contribution is 2.30. The first-order valence-corrected chi connectivity index (χ1v) is 9.52. The third-order valence-electron chi connectivity index (χ3n) is 5.39.